The fraction of sp³-hybridized carbons (Fsp3) is 0.444. The number of rotatable bonds is 3. The molecule has 1 N–H and O–H groups in total. The summed E-state index contributed by atoms with van der Waals surface area (Å²) in [6.45, 7) is 0.286. The molecule has 1 aliphatic carbocycles. The van der Waals surface area contributed by atoms with Crippen LogP contribution in [0.3, 0.4) is 0 Å². The van der Waals surface area contributed by atoms with E-state index >= 15 is 0 Å². The number of imide groups is 1. The van der Waals surface area contributed by atoms with Crippen molar-refractivity contribution in [3.05, 3.63) is 34.9 Å². The fourth-order valence-corrected chi connectivity index (χ4v) is 3.54. The summed E-state index contributed by atoms with van der Waals surface area (Å²) in [5, 5.41) is 2.28. The Morgan fingerprint density at radius 2 is 1.96 bits per heavy atom. The predicted molar refractivity (Wildman–Crippen MR) is 87.6 cm³/mol. The summed E-state index contributed by atoms with van der Waals surface area (Å²) in [5.74, 6) is -1.00. The molecular weight excluding hydrogens is 322 g/mol. The van der Waals surface area contributed by atoms with Crippen molar-refractivity contribution in [3.8, 4) is 0 Å². The number of benzene rings is 1. The van der Waals surface area contributed by atoms with Crippen LogP contribution >= 0.6 is 0 Å². The highest BCUT2D eigenvalue weighted by Crippen LogP contribution is 2.30. The lowest BCUT2D eigenvalue weighted by Gasteiger charge is -2.29. The molecule has 7 nitrogen and oxygen atoms in total. The molecule has 0 aromatic heterocycles. The molecule has 7 heteroatoms. The van der Waals surface area contributed by atoms with Crippen LogP contribution in [0, 0.1) is 0 Å². The summed E-state index contributed by atoms with van der Waals surface area (Å²) in [7, 11) is 1.80. The largest absolute Gasteiger partial charge is 0.339 e. The summed E-state index contributed by atoms with van der Waals surface area (Å²) in [4.78, 5) is 51.7. The zero-order valence-corrected chi connectivity index (χ0v) is 13.9. The molecule has 0 bridgehead atoms. The monoisotopic (exact) mass is 341 g/mol. The van der Waals surface area contributed by atoms with Crippen LogP contribution in [0.2, 0.25) is 0 Å². The van der Waals surface area contributed by atoms with Gasteiger partial charge in [0.1, 0.15) is 6.04 Å². The molecule has 130 valence electrons. The van der Waals surface area contributed by atoms with Crippen molar-refractivity contribution >= 4 is 23.6 Å². The first-order valence-electron chi connectivity index (χ1n) is 8.50. The standard InChI is InChI=1S/C18H19N3O4/c1-20(12-3-4-12)17(24)10-2-5-13-11(8-10)9-21(18(13)25)14-6-7-15(22)19-16(14)23/h2,5,8,12,14H,3-4,6-7,9H2,1H3,(H,19,22,23). The number of fused-ring (bicyclic) bond motifs is 1. The molecule has 4 amide bonds. The van der Waals surface area contributed by atoms with Crippen molar-refractivity contribution < 1.29 is 19.2 Å². The second-order valence-corrected chi connectivity index (χ2v) is 6.92. The SMILES string of the molecule is CN(C(=O)c1ccc2c(c1)CN(C1CCC(=O)NC1=O)C2=O)C1CC1. The van der Waals surface area contributed by atoms with Gasteiger partial charge in [0, 0.05) is 37.2 Å². The number of piperidine rings is 1. The van der Waals surface area contributed by atoms with Crippen LogP contribution in [0.4, 0.5) is 0 Å². The van der Waals surface area contributed by atoms with E-state index in [1.165, 1.54) is 4.90 Å². The van der Waals surface area contributed by atoms with Gasteiger partial charge < -0.3 is 9.80 Å². The molecule has 2 fully saturated rings. The van der Waals surface area contributed by atoms with Crippen LogP contribution < -0.4 is 5.32 Å². The van der Waals surface area contributed by atoms with Gasteiger partial charge in [0.25, 0.3) is 11.8 Å². The van der Waals surface area contributed by atoms with E-state index in [-0.39, 0.29) is 30.7 Å². The molecule has 25 heavy (non-hydrogen) atoms. The van der Waals surface area contributed by atoms with Gasteiger partial charge in [-0.2, -0.15) is 0 Å². The zero-order valence-electron chi connectivity index (χ0n) is 13.9. The number of carbonyl (C=O) groups excluding carboxylic acids is 4. The van der Waals surface area contributed by atoms with Crippen LogP contribution in [-0.4, -0.2) is 52.6 Å². The minimum absolute atomic E-state index is 0.0443. The van der Waals surface area contributed by atoms with Crippen LogP contribution in [-0.2, 0) is 16.1 Å². The third-order valence-electron chi connectivity index (χ3n) is 5.19. The zero-order chi connectivity index (χ0) is 17.7. The summed E-state index contributed by atoms with van der Waals surface area (Å²) in [6.07, 6.45) is 2.64. The van der Waals surface area contributed by atoms with Crippen molar-refractivity contribution in [3.63, 3.8) is 0 Å². The quantitative estimate of drug-likeness (QED) is 0.819. The van der Waals surface area contributed by atoms with Gasteiger partial charge in [-0.25, -0.2) is 0 Å². The number of hydrogen-bond donors (Lipinski definition) is 1. The van der Waals surface area contributed by atoms with E-state index in [1.54, 1.807) is 30.1 Å². The minimum Gasteiger partial charge on any atom is -0.339 e. The van der Waals surface area contributed by atoms with Crippen LogP contribution in [0.25, 0.3) is 0 Å². The lowest BCUT2D eigenvalue weighted by Crippen LogP contribution is -2.52. The highest BCUT2D eigenvalue weighted by molar-refractivity contribution is 6.06. The van der Waals surface area contributed by atoms with Gasteiger partial charge in [0.2, 0.25) is 11.8 Å². The van der Waals surface area contributed by atoms with E-state index in [0.717, 1.165) is 18.4 Å². The molecule has 0 radical (unpaired) electrons. The Kier molecular flexibility index (Phi) is 3.59. The van der Waals surface area contributed by atoms with Gasteiger partial charge in [-0.15, -0.1) is 0 Å². The molecule has 1 saturated heterocycles. The second-order valence-electron chi connectivity index (χ2n) is 6.92. The maximum Gasteiger partial charge on any atom is 0.255 e. The topological polar surface area (TPSA) is 86.8 Å². The van der Waals surface area contributed by atoms with Crippen molar-refractivity contribution in [2.24, 2.45) is 0 Å². The molecular formula is C18H19N3O4. The van der Waals surface area contributed by atoms with E-state index in [0.29, 0.717) is 23.6 Å². The Morgan fingerprint density at radius 1 is 1.20 bits per heavy atom. The molecule has 2 aliphatic heterocycles. The second kappa shape index (κ2) is 5.68. The lowest BCUT2D eigenvalue weighted by atomic mass is 10.0. The normalized spacial score (nSPS) is 22.7. The van der Waals surface area contributed by atoms with Crippen LogP contribution in [0.15, 0.2) is 18.2 Å². The number of hydrogen-bond acceptors (Lipinski definition) is 4. The highest BCUT2D eigenvalue weighted by Gasteiger charge is 2.39. The van der Waals surface area contributed by atoms with E-state index in [2.05, 4.69) is 5.32 Å². The average Bonchev–Trinajstić information content (AvgIpc) is 3.39. The molecule has 0 spiro atoms. The fourth-order valence-electron chi connectivity index (χ4n) is 3.54. The van der Waals surface area contributed by atoms with Crippen molar-refractivity contribution in [2.75, 3.05) is 7.05 Å². The van der Waals surface area contributed by atoms with E-state index in [4.69, 9.17) is 0 Å². The Bertz CT molecular complexity index is 800. The Hall–Kier alpha value is -2.70. The van der Waals surface area contributed by atoms with Crippen LogP contribution in [0.5, 0.6) is 0 Å². The predicted octanol–water partition coefficient (Wildman–Crippen LogP) is 0.682. The number of amides is 4. The summed E-state index contributed by atoms with van der Waals surface area (Å²) < 4.78 is 0. The first-order valence-corrected chi connectivity index (χ1v) is 8.50. The number of nitrogens with one attached hydrogen (secondary N) is 1. The Labute approximate surface area is 145 Å². The maximum absolute atomic E-state index is 12.6. The van der Waals surface area contributed by atoms with Gasteiger partial charge in [-0.1, -0.05) is 0 Å². The third kappa shape index (κ3) is 2.69. The Balaban J connectivity index is 1.56. The van der Waals surface area contributed by atoms with Crippen molar-refractivity contribution in [1.82, 2.24) is 15.1 Å². The smallest absolute Gasteiger partial charge is 0.255 e. The number of carbonyl (C=O) groups is 4. The van der Waals surface area contributed by atoms with Crippen molar-refractivity contribution in [2.45, 2.75) is 44.3 Å². The summed E-state index contributed by atoms with van der Waals surface area (Å²) in [5.41, 5.74) is 1.84. The molecule has 1 saturated carbocycles. The highest BCUT2D eigenvalue weighted by atomic mass is 16.2. The summed E-state index contributed by atoms with van der Waals surface area (Å²) in [6, 6.07) is 4.78. The van der Waals surface area contributed by atoms with Gasteiger partial charge in [-0.05, 0) is 43.0 Å². The molecule has 1 atom stereocenters. The minimum atomic E-state index is -0.633. The van der Waals surface area contributed by atoms with Crippen LogP contribution in [0.1, 0.15) is 52.0 Å². The maximum atomic E-state index is 12.6. The summed E-state index contributed by atoms with van der Waals surface area (Å²) >= 11 is 0. The number of nitrogens with zero attached hydrogens (tertiary/aromatic N) is 2. The van der Waals surface area contributed by atoms with Gasteiger partial charge in [0.15, 0.2) is 0 Å². The molecule has 2 heterocycles. The lowest BCUT2D eigenvalue weighted by molar-refractivity contribution is -0.136. The van der Waals surface area contributed by atoms with Gasteiger partial charge in [-0.3, -0.25) is 24.5 Å². The molecule has 4 rings (SSSR count). The van der Waals surface area contributed by atoms with Gasteiger partial charge >= 0.3 is 0 Å². The molecule has 1 unspecified atom stereocenters. The third-order valence-corrected chi connectivity index (χ3v) is 5.19. The van der Waals surface area contributed by atoms with Gasteiger partial charge in [0.05, 0.1) is 0 Å². The van der Waals surface area contributed by atoms with Crippen molar-refractivity contribution in [1.29, 1.82) is 0 Å². The average molecular weight is 341 g/mol. The molecule has 1 aromatic rings. The van der Waals surface area contributed by atoms with E-state index < -0.39 is 11.9 Å². The molecule has 3 aliphatic rings. The first-order chi connectivity index (χ1) is 12.0. The first kappa shape index (κ1) is 15.8. The van der Waals surface area contributed by atoms with E-state index in [9.17, 15) is 19.2 Å². The Morgan fingerprint density at radius 3 is 2.64 bits per heavy atom. The van der Waals surface area contributed by atoms with E-state index in [1.807, 2.05) is 0 Å². The molecule has 1 aromatic carbocycles.